The van der Waals surface area contributed by atoms with Gasteiger partial charge in [0.15, 0.2) is 22.5 Å². The van der Waals surface area contributed by atoms with Crippen molar-refractivity contribution < 1.29 is 14.3 Å². The molecule has 162 valence electrons. The van der Waals surface area contributed by atoms with Gasteiger partial charge in [-0.3, -0.25) is 9.36 Å². The summed E-state index contributed by atoms with van der Waals surface area (Å²) in [6, 6.07) is 19.5. The topological polar surface area (TPSA) is 78.3 Å². The minimum absolute atomic E-state index is 0.0829. The van der Waals surface area contributed by atoms with E-state index in [1.165, 1.54) is 11.8 Å². The van der Waals surface area contributed by atoms with Gasteiger partial charge < -0.3 is 14.8 Å². The third-order valence-electron chi connectivity index (χ3n) is 5.00. The number of nitrogens with one attached hydrogen (secondary N) is 1. The van der Waals surface area contributed by atoms with Crippen LogP contribution in [-0.4, -0.2) is 33.2 Å². The van der Waals surface area contributed by atoms with Crippen molar-refractivity contribution in [3.63, 3.8) is 0 Å². The first-order valence-corrected chi connectivity index (χ1v) is 11.9. The van der Waals surface area contributed by atoms with Crippen LogP contribution in [0, 0.1) is 0 Å². The molecule has 0 radical (unpaired) electrons. The van der Waals surface area contributed by atoms with E-state index in [0.717, 1.165) is 27.7 Å². The van der Waals surface area contributed by atoms with Crippen LogP contribution < -0.4 is 14.8 Å². The van der Waals surface area contributed by atoms with Gasteiger partial charge >= 0.3 is 0 Å². The monoisotopic (exact) mass is 464 g/mol. The zero-order valence-electron chi connectivity index (χ0n) is 17.2. The molecule has 4 aromatic rings. The number of para-hydroxylation sites is 1. The van der Waals surface area contributed by atoms with E-state index >= 15 is 0 Å². The number of amides is 1. The molecule has 9 heteroatoms. The Hall–Kier alpha value is -3.30. The molecule has 1 aliphatic rings. The number of carbonyl (C=O) groups is 1. The van der Waals surface area contributed by atoms with E-state index in [2.05, 4.69) is 15.5 Å². The molecule has 7 nitrogen and oxygen atoms in total. The number of hydrogen-bond donors (Lipinski definition) is 1. The van der Waals surface area contributed by atoms with Crippen LogP contribution in [0.25, 0.3) is 16.4 Å². The average Bonchev–Trinajstić information content (AvgIpc) is 3.58. The molecule has 1 unspecified atom stereocenters. The lowest BCUT2D eigenvalue weighted by atomic mass is 10.1. The molecule has 0 aliphatic carbocycles. The summed E-state index contributed by atoms with van der Waals surface area (Å²) in [4.78, 5) is 13.7. The first-order valence-electron chi connectivity index (χ1n) is 10.1. The second-order valence-corrected chi connectivity index (χ2v) is 9.04. The number of aromatic nitrogens is 3. The SMILES string of the molecule is CC(NC(=O)CSc1nnc(-c2cccs2)n1-c1ccccc1)c1ccc2c(c1)OCO2. The Balaban J connectivity index is 1.30. The first kappa shape index (κ1) is 20.6. The third-order valence-corrected chi connectivity index (χ3v) is 6.79. The van der Waals surface area contributed by atoms with Crippen molar-refractivity contribution in [2.24, 2.45) is 0 Å². The van der Waals surface area contributed by atoms with Crippen molar-refractivity contribution in [3.05, 3.63) is 71.6 Å². The highest BCUT2D eigenvalue weighted by Gasteiger charge is 2.20. The van der Waals surface area contributed by atoms with Crippen molar-refractivity contribution in [1.82, 2.24) is 20.1 Å². The number of thiophene rings is 1. The second kappa shape index (κ2) is 9.05. The summed E-state index contributed by atoms with van der Waals surface area (Å²) in [6.07, 6.45) is 0. The van der Waals surface area contributed by atoms with Gasteiger partial charge in [-0.2, -0.15) is 0 Å². The molecule has 1 atom stereocenters. The Bertz CT molecular complexity index is 1230. The minimum atomic E-state index is -0.161. The smallest absolute Gasteiger partial charge is 0.231 e. The molecule has 0 saturated carbocycles. The summed E-state index contributed by atoms with van der Waals surface area (Å²) < 4.78 is 12.8. The van der Waals surface area contributed by atoms with Crippen molar-refractivity contribution >= 4 is 29.0 Å². The average molecular weight is 465 g/mol. The Labute approximate surface area is 193 Å². The number of thioether (sulfide) groups is 1. The van der Waals surface area contributed by atoms with Crippen molar-refractivity contribution in [2.45, 2.75) is 18.1 Å². The first-order chi connectivity index (χ1) is 15.7. The van der Waals surface area contributed by atoms with Crippen LogP contribution in [0.5, 0.6) is 11.5 Å². The highest BCUT2D eigenvalue weighted by molar-refractivity contribution is 7.99. The molecular formula is C23H20N4O3S2. The zero-order chi connectivity index (χ0) is 21.9. The zero-order valence-corrected chi connectivity index (χ0v) is 18.9. The van der Waals surface area contributed by atoms with Gasteiger partial charge in [0.25, 0.3) is 0 Å². The molecule has 0 spiro atoms. The van der Waals surface area contributed by atoms with Crippen LogP contribution >= 0.6 is 23.1 Å². The summed E-state index contributed by atoms with van der Waals surface area (Å²) in [7, 11) is 0. The van der Waals surface area contributed by atoms with Crippen molar-refractivity contribution in [3.8, 4) is 27.9 Å². The van der Waals surface area contributed by atoms with Crippen molar-refractivity contribution in [1.29, 1.82) is 0 Å². The molecule has 3 heterocycles. The molecule has 1 amide bonds. The fourth-order valence-corrected chi connectivity index (χ4v) is 4.88. The standard InChI is InChI=1S/C23H20N4O3S2/c1-15(16-9-10-18-19(12-16)30-14-29-18)24-21(28)13-32-23-26-25-22(20-8-5-11-31-20)27(23)17-6-3-2-4-7-17/h2-12,15H,13-14H2,1H3,(H,24,28). The molecule has 2 aromatic carbocycles. The number of benzene rings is 2. The highest BCUT2D eigenvalue weighted by Crippen LogP contribution is 2.34. The van der Waals surface area contributed by atoms with E-state index in [9.17, 15) is 4.79 Å². The van der Waals surface area contributed by atoms with Crippen LogP contribution in [0.4, 0.5) is 0 Å². The lowest BCUT2D eigenvalue weighted by molar-refractivity contribution is -0.119. The van der Waals surface area contributed by atoms with Gasteiger partial charge in [0.05, 0.1) is 16.7 Å². The van der Waals surface area contributed by atoms with E-state index in [1.807, 2.05) is 77.5 Å². The van der Waals surface area contributed by atoms with E-state index < -0.39 is 0 Å². The highest BCUT2D eigenvalue weighted by atomic mass is 32.2. The predicted molar refractivity (Wildman–Crippen MR) is 125 cm³/mol. The lowest BCUT2D eigenvalue weighted by Crippen LogP contribution is -2.28. The summed E-state index contributed by atoms with van der Waals surface area (Å²) in [6.45, 7) is 2.17. The fraction of sp³-hybridized carbons (Fsp3) is 0.174. The van der Waals surface area contributed by atoms with Crippen LogP contribution in [-0.2, 0) is 4.79 Å². The number of hydrogen-bond acceptors (Lipinski definition) is 7. The molecular weight excluding hydrogens is 444 g/mol. The Kier molecular flexibility index (Phi) is 5.83. The molecule has 5 rings (SSSR count). The Morgan fingerprint density at radius 1 is 1.12 bits per heavy atom. The second-order valence-electron chi connectivity index (χ2n) is 7.15. The Morgan fingerprint density at radius 2 is 1.97 bits per heavy atom. The largest absolute Gasteiger partial charge is 0.454 e. The molecule has 1 aliphatic heterocycles. The van der Waals surface area contributed by atoms with Crippen LogP contribution in [0.15, 0.2) is 71.2 Å². The summed E-state index contributed by atoms with van der Waals surface area (Å²) in [5.41, 5.74) is 1.91. The van der Waals surface area contributed by atoms with Crippen LogP contribution in [0.1, 0.15) is 18.5 Å². The van der Waals surface area contributed by atoms with Gasteiger partial charge in [0.1, 0.15) is 0 Å². The van der Waals surface area contributed by atoms with Crippen LogP contribution in [0.2, 0.25) is 0 Å². The number of rotatable bonds is 7. The summed E-state index contributed by atoms with van der Waals surface area (Å²) in [5.74, 6) is 2.34. The Morgan fingerprint density at radius 3 is 2.78 bits per heavy atom. The van der Waals surface area contributed by atoms with Gasteiger partial charge in [-0.15, -0.1) is 21.5 Å². The van der Waals surface area contributed by atoms with Crippen LogP contribution in [0.3, 0.4) is 0 Å². The number of carbonyl (C=O) groups excluding carboxylic acids is 1. The van der Waals surface area contributed by atoms with E-state index in [1.54, 1.807) is 11.3 Å². The minimum Gasteiger partial charge on any atom is -0.454 e. The summed E-state index contributed by atoms with van der Waals surface area (Å²) in [5, 5.41) is 14.5. The lowest BCUT2D eigenvalue weighted by Gasteiger charge is -2.15. The van der Waals surface area contributed by atoms with E-state index in [0.29, 0.717) is 10.9 Å². The molecule has 32 heavy (non-hydrogen) atoms. The van der Waals surface area contributed by atoms with Gasteiger partial charge in [-0.1, -0.05) is 42.1 Å². The maximum atomic E-state index is 12.7. The normalized spacial score (nSPS) is 13.2. The van der Waals surface area contributed by atoms with Gasteiger partial charge in [0, 0.05) is 5.69 Å². The number of ether oxygens (including phenoxy) is 2. The number of nitrogens with zero attached hydrogens (tertiary/aromatic N) is 3. The van der Waals surface area contributed by atoms with E-state index in [-0.39, 0.29) is 24.5 Å². The third kappa shape index (κ3) is 4.21. The van der Waals surface area contributed by atoms with Gasteiger partial charge in [-0.05, 0) is 48.2 Å². The molecule has 0 saturated heterocycles. The molecule has 0 fully saturated rings. The fourth-order valence-electron chi connectivity index (χ4n) is 3.42. The quantitative estimate of drug-likeness (QED) is 0.400. The van der Waals surface area contributed by atoms with Crippen molar-refractivity contribution in [2.75, 3.05) is 12.5 Å². The molecule has 1 N–H and O–H groups in total. The maximum Gasteiger partial charge on any atom is 0.231 e. The van der Waals surface area contributed by atoms with Gasteiger partial charge in [-0.25, -0.2) is 0 Å². The molecule has 2 aromatic heterocycles. The summed E-state index contributed by atoms with van der Waals surface area (Å²) >= 11 is 2.97. The van der Waals surface area contributed by atoms with Gasteiger partial charge in [0.2, 0.25) is 12.7 Å². The molecule has 0 bridgehead atoms. The number of fused-ring (bicyclic) bond motifs is 1. The maximum absolute atomic E-state index is 12.7. The predicted octanol–water partition coefficient (Wildman–Crippen LogP) is 4.69. The van der Waals surface area contributed by atoms with E-state index in [4.69, 9.17) is 9.47 Å².